The molecule has 5 nitrogen and oxygen atoms in total. The van der Waals surface area contributed by atoms with Crippen LogP contribution in [0.4, 0.5) is 4.39 Å². The van der Waals surface area contributed by atoms with Crippen LogP contribution in [0.5, 0.6) is 0 Å². The van der Waals surface area contributed by atoms with Crippen LogP contribution in [-0.4, -0.2) is 53.5 Å². The number of pyridine rings is 1. The highest BCUT2D eigenvalue weighted by molar-refractivity contribution is 6.31. The lowest BCUT2D eigenvalue weighted by Gasteiger charge is -2.23. The normalized spacial score (nSPS) is 18.8. The number of hydrogen-bond donors (Lipinski definition) is 0. The number of ether oxygens (including phenoxy) is 1. The second-order valence-corrected chi connectivity index (χ2v) is 6.81. The molecule has 1 saturated heterocycles. The molecule has 2 heterocycles. The lowest BCUT2D eigenvalue weighted by molar-refractivity contribution is -0.132. The van der Waals surface area contributed by atoms with E-state index in [4.69, 9.17) is 16.3 Å². The molecule has 0 radical (unpaired) electrons. The van der Waals surface area contributed by atoms with Crippen LogP contribution in [-0.2, 0) is 22.6 Å². The van der Waals surface area contributed by atoms with Gasteiger partial charge in [0, 0.05) is 50.7 Å². The zero-order chi connectivity index (χ0) is 18.5. The third kappa shape index (κ3) is 4.78. The van der Waals surface area contributed by atoms with Gasteiger partial charge >= 0.3 is 0 Å². The second-order valence-electron chi connectivity index (χ2n) is 6.40. The Hall–Kier alpha value is -2.02. The number of halogens is 2. The molecular formula is C19H21ClFN3O2. The maximum Gasteiger partial charge on any atom is 0.237 e. The molecule has 0 aliphatic carbocycles. The number of hydrogen-bond acceptors (Lipinski definition) is 4. The van der Waals surface area contributed by atoms with Gasteiger partial charge in [0.25, 0.3) is 0 Å². The van der Waals surface area contributed by atoms with Gasteiger partial charge in [-0.25, -0.2) is 4.39 Å². The topological polar surface area (TPSA) is 45.7 Å². The minimum absolute atomic E-state index is 0.0200. The van der Waals surface area contributed by atoms with Crippen LogP contribution in [0.25, 0.3) is 0 Å². The van der Waals surface area contributed by atoms with Crippen molar-refractivity contribution in [3.05, 3.63) is 64.7 Å². The molecule has 1 atom stereocenters. The molecule has 1 aliphatic heterocycles. The van der Waals surface area contributed by atoms with Gasteiger partial charge in [-0.2, -0.15) is 0 Å². The van der Waals surface area contributed by atoms with E-state index in [1.54, 1.807) is 30.5 Å². The van der Waals surface area contributed by atoms with Crippen molar-refractivity contribution in [2.24, 2.45) is 0 Å². The Bertz CT molecular complexity index is 760. The Morgan fingerprint density at radius 1 is 1.31 bits per heavy atom. The van der Waals surface area contributed by atoms with E-state index in [1.165, 1.54) is 12.1 Å². The maximum atomic E-state index is 13.2. The minimum Gasteiger partial charge on any atom is -0.378 e. The maximum absolute atomic E-state index is 13.2. The number of nitrogens with zero attached hydrogens (tertiary/aromatic N) is 3. The van der Waals surface area contributed by atoms with Crippen molar-refractivity contribution in [3.8, 4) is 0 Å². The molecule has 1 amide bonds. The van der Waals surface area contributed by atoms with Crippen molar-refractivity contribution in [2.45, 2.75) is 19.2 Å². The van der Waals surface area contributed by atoms with Gasteiger partial charge in [0.05, 0.1) is 12.6 Å². The highest BCUT2D eigenvalue weighted by atomic mass is 35.5. The summed E-state index contributed by atoms with van der Waals surface area (Å²) in [7, 11) is 1.64. The van der Waals surface area contributed by atoms with Crippen LogP contribution >= 0.6 is 11.6 Å². The Morgan fingerprint density at radius 3 is 2.85 bits per heavy atom. The highest BCUT2D eigenvalue weighted by Crippen LogP contribution is 2.21. The number of amides is 1. The molecule has 7 heteroatoms. The Morgan fingerprint density at radius 2 is 2.15 bits per heavy atom. The van der Waals surface area contributed by atoms with E-state index in [-0.39, 0.29) is 24.4 Å². The lowest BCUT2D eigenvalue weighted by Crippen LogP contribution is -2.37. The van der Waals surface area contributed by atoms with Gasteiger partial charge in [0.1, 0.15) is 5.82 Å². The molecule has 1 fully saturated rings. The van der Waals surface area contributed by atoms with Gasteiger partial charge < -0.3 is 9.64 Å². The summed E-state index contributed by atoms with van der Waals surface area (Å²) in [6.45, 7) is 2.33. The Balaban J connectivity index is 1.72. The molecule has 0 spiro atoms. The number of rotatable bonds is 5. The average Bonchev–Trinajstić information content (AvgIpc) is 2.77. The minimum atomic E-state index is -0.372. The monoisotopic (exact) mass is 377 g/mol. The first-order chi connectivity index (χ1) is 12.5. The molecule has 1 aliphatic rings. The smallest absolute Gasteiger partial charge is 0.237 e. The van der Waals surface area contributed by atoms with Gasteiger partial charge in [-0.15, -0.1) is 0 Å². The molecule has 26 heavy (non-hydrogen) atoms. The van der Waals surface area contributed by atoms with Crippen LogP contribution in [0.2, 0.25) is 5.02 Å². The summed E-state index contributed by atoms with van der Waals surface area (Å²) in [5, 5.41) is 0.364. The second kappa shape index (κ2) is 8.58. The van der Waals surface area contributed by atoms with Gasteiger partial charge in [0.2, 0.25) is 5.91 Å². The van der Waals surface area contributed by atoms with E-state index in [9.17, 15) is 9.18 Å². The SMILES string of the molecule is COC1CN(Cc2ccc(F)cc2Cl)CC(=O)N(Cc2cccnc2)C1. The Labute approximate surface area is 157 Å². The van der Waals surface area contributed by atoms with E-state index in [1.807, 2.05) is 17.0 Å². The first kappa shape index (κ1) is 18.8. The van der Waals surface area contributed by atoms with Crippen molar-refractivity contribution < 1.29 is 13.9 Å². The van der Waals surface area contributed by atoms with E-state index in [0.29, 0.717) is 31.2 Å². The highest BCUT2D eigenvalue weighted by Gasteiger charge is 2.28. The van der Waals surface area contributed by atoms with E-state index in [2.05, 4.69) is 4.98 Å². The molecule has 0 saturated carbocycles. The quantitative estimate of drug-likeness (QED) is 0.803. The number of carbonyl (C=O) groups excluding carboxylic acids is 1. The zero-order valence-corrected chi connectivity index (χ0v) is 15.3. The van der Waals surface area contributed by atoms with Crippen LogP contribution in [0, 0.1) is 5.82 Å². The summed E-state index contributed by atoms with van der Waals surface area (Å²) in [4.78, 5) is 20.6. The number of aromatic nitrogens is 1. The van der Waals surface area contributed by atoms with E-state index >= 15 is 0 Å². The van der Waals surface area contributed by atoms with Crippen LogP contribution in [0.1, 0.15) is 11.1 Å². The molecule has 2 aromatic rings. The van der Waals surface area contributed by atoms with Crippen molar-refractivity contribution in [1.29, 1.82) is 0 Å². The molecule has 138 valence electrons. The standard InChI is InChI=1S/C19H21ClFN3O2/c1-26-17-11-23(10-15-4-5-16(21)7-18(15)20)13-19(25)24(12-17)9-14-3-2-6-22-8-14/h2-8,17H,9-13H2,1H3. The van der Waals surface area contributed by atoms with E-state index in [0.717, 1.165) is 11.1 Å². The Kier molecular flexibility index (Phi) is 6.19. The first-order valence-electron chi connectivity index (χ1n) is 8.41. The van der Waals surface area contributed by atoms with Crippen molar-refractivity contribution in [1.82, 2.24) is 14.8 Å². The summed E-state index contributed by atoms with van der Waals surface area (Å²) in [6.07, 6.45) is 3.35. The van der Waals surface area contributed by atoms with Crippen molar-refractivity contribution in [3.63, 3.8) is 0 Å². The summed E-state index contributed by atoms with van der Waals surface area (Å²) < 4.78 is 18.8. The number of carbonyl (C=O) groups is 1. The first-order valence-corrected chi connectivity index (χ1v) is 8.78. The molecule has 1 unspecified atom stereocenters. The summed E-state index contributed by atoms with van der Waals surface area (Å²) in [5.74, 6) is -0.352. The van der Waals surface area contributed by atoms with Crippen LogP contribution in [0.3, 0.4) is 0 Å². The van der Waals surface area contributed by atoms with E-state index < -0.39 is 0 Å². The lowest BCUT2D eigenvalue weighted by atomic mass is 10.2. The predicted molar refractivity (Wildman–Crippen MR) is 97.1 cm³/mol. The predicted octanol–water partition coefficient (Wildman–Crippen LogP) is 2.73. The third-order valence-corrected chi connectivity index (χ3v) is 4.79. The molecule has 3 rings (SSSR count). The van der Waals surface area contributed by atoms with Gasteiger partial charge in [-0.05, 0) is 29.3 Å². The zero-order valence-electron chi connectivity index (χ0n) is 14.6. The van der Waals surface area contributed by atoms with Gasteiger partial charge in [-0.1, -0.05) is 23.7 Å². The van der Waals surface area contributed by atoms with Crippen LogP contribution < -0.4 is 0 Å². The van der Waals surface area contributed by atoms with Crippen molar-refractivity contribution >= 4 is 17.5 Å². The molecule has 0 bridgehead atoms. The average molecular weight is 378 g/mol. The summed E-state index contributed by atoms with van der Waals surface area (Å²) >= 11 is 6.13. The van der Waals surface area contributed by atoms with Gasteiger partial charge in [0.15, 0.2) is 0 Å². The van der Waals surface area contributed by atoms with Crippen LogP contribution in [0.15, 0.2) is 42.7 Å². The molecular weight excluding hydrogens is 357 g/mol. The fourth-order valence-corrected chi connectivity index (χ4v) is 3.30. The third-order valence-electron chi connectivity index (χ3n) is 4.44. The number of benzene rings is 1. The summed E-state index contributed by atoms with van der Waals surface area (Å²) in [5.41, 5.74) is 1.77. The molecule has 1 aromatic heterocycles. The van der Waals surface area contributed by atoms with Gasteiger partial charge in [-0.3, -0.25) is 14.7 Å². The summed E-state index contributed by atoms with van der Waals surface area (Å²) in [6, 6.07) is 8.13. The fourth-order valence-electron chi connectivity index (χ4n) is 3.07. The van der Waals surface area contributed by atoms with Crippen molar-refractivity contribution in [2.75, 3.05) is 26.7 Å². The number of methoxy groups -OCH3 is 1. The molecule has 0 N–H and O–H groups in total. The largest absolute Gasteiger partial charge is 0.378 e. The molecule has 1 aromatic carbocycles. The fraction of sp³-hybridized carbons (Fsp3) is 0.368.